The maximum absolute atomic E-state index is 14.6. The Hall–Kier alpha value is -0.120. The first-order valence-electron chi connectivity index (χ1n) is 6.89. The van der Waals surface area contributed by atoms with Crippen molar-refractivity contribution in [2.75, 3.05) is 0 Å². The van der Waals surface area contributed by atoms with Crippen LogP contribution < -0.4 is 5.73 Å². The van der Waals surface area contributed by atoms with E-state index in [-0.39, 0.29) is 15.9 Å². The number of hydrogen-bond acceptors (Lipinski definition) is 1. The van der Waals surface area contributed by atoms with Crippen molar-refractivity contribution in [1.29, 1.82) is 0 Å². The summed E-state index contributed by atoms with van der Waals surface area (Å²) in [5.41, 5.74) is 6.68. The molecule has 1 aromatic rings. The predicted molar refractivity (Wildman–Crippen MR) is 86.4 cm³/mol. The van der Waals surface area contributed by atoms with Gasteiger partial charge in [0.05, 0.1) is 5.02 Å². The first-order valence-corrected chi connectivity index (χ1v) is 8.06. The van der Waals surface area contributed by atoms with Crippen LogP contribution in [0.3, 0.4) is 0 Å². The predicted octanol–water partition coefficient (Wildman–Crippen LogP) is 5.63. The Morgan fingerprint density at radius 2 is 1.60 bits per heavy atom. The highest BCUT2D eigenvalue weighted by Gasteiger charge is 2.47. The van der Waals surface area contributed by atoms with E-state index in [1.165, 1.54) is 0 Å². The number of benzene rings is 1. The van der Waals surface area contributed by atoms with Crippen LogP contribution in [0.25, 0.3) is 0 Å². The fourth-order valence-corrected chi connectivity index (χ4v) is 4.76. The summed E-state index contributed by atoms with van der Waals surface area (Å²) >= 11 is 9.28. The van der Waals surface area contributed by atoms with Crippen LogP contribution in [0.15, 0.2) is 16.6 Å². The van der Waals surface area contributed by atoms with Gasteiger partial charge in [-0.2, -0.15) is 0 Å². The third kappa shape index (κ3) is 3.05. The van der Waals surface area contributed by atoms with Gasteiger partial charge in [-0.05, 0) is 52.1 Å². The van der Waals surface area contributed by atoms with Crippen LogP contribution in [0.2, 0.25) is 5.02 Å². The molecule has 2 N–H and O–H groups in total. The lowest BCUT2D eigenvalue weighted by molar-refractivity contribution is 0.0454. The molecule has 2 rings (SSSR count). The van der Waals surface area contributed by atoms with Crippen molar-refractivity contribution < 1.29 is 4.39 Å². The molecule has 0 heterocycles. The summed E-state index contributed by atoms with van der Waals surface area (Å²) in [4.78, 5) is 0. The molecule has 0 amide bonds. The lowest BCUT2D eigenvalue weighted by Gasteiger charge is -2.50. The molecule has 1 nitrogen and oxygen atoms in total. The van der Waals surface area contributed by atoms with Crippen molar-refractivity contribution in [3.63, 3.8) is 0 Å². The number of hydrogen-bond donors (Lipinski definition) is 1. The van der Waals surface area contributed by atoms with Crippen molar-refractivity contribution in [3.05, 3.63) is 33.0 Å². The SMILES string of the molecule is CC1(C)CC(C)(C)CC(N)(c2ccc(Br)c(Cl)c2F)C1. The summed E-state index contributed by atoms with van der Waals surface area (Å²) in [6.45, 7) is 8.81. The van der Waals surface area contributed by atoms with Crippen LogP contribution in [0, 0.1) is 16.6 Å². The van der Waals surface area contributed by atoms with Crippen molar-refractivity contribution >= 4 is 27.5 Å². The van der Waals surface area contributed by atoms with E-state index >= 15 is 0 Å². The van der Waals surface area contributed by atoms with Gasteiger partial charge >= 0.3 is 0 Å². The molecule has 0 aromatic heterocycles. The molecule has 0 atom stereocenters. The molecule has 0 unspecified atom stereocenters. The number of halogens is 3. The smallest absolute Gasteiger partial charge is 0.147 e. The van der Waals surface area contributed by atoms with Gasteiger partial charge in [0.15, 0.2) is 0 Å². The zero-order chi connectivity index (χ0) is 15.3. The van der Waals surface area contributed by atoms with E-state index in [1.807, 2.05) is 0 Å². The number of rotatable bonds is 1. The van der Waals surface area contributed by atoms with Gasteiger partial charge in [0, 0.05) is 15.6 Å². The summed E-state index contributed by atoms with van der Waals surface area (Å²) < 4.78 is 15.1. The van der Waals surface area contributed by atoms with Crippen molar-refractivity contribution in [2.24, 2.45) is 16.6 Å². The molecule has 1 aromatic carbocycles. The molecule has 0 spiro atoms. The first-order chi connectivity index (χ1) is 8.96. The molecule has 0 radical (unpaired) electrons. The summed E-state index contributed by atoms with van der Waals surface area (Å²) in [6, 6.07) is 3.55. The van der Waals surface area contributed by atoms with E-state index in [1.54, 1.807) is 12.1 Å². The van der Waals surface area contributed by atoms with Gasteiger partial charge in [-0.1, -0.05) is 45.4 Å². The molecule has 1 saturated carbocycles. The molecule has 4 heteroatoms. The van der Waals surface area contributed by atoms with Gasteiger partial charge in [0.25, 0.3) is 0 Å². The second-order valence-corrected chi connectivity index (χ2v) is 8.97. The van der Waals surface area contributed by atoms with Crippen LogP contribution in [0.4, 0.5) is 4.39 Å². The second-order valence-electron chi connectivity index (χ2n) is 7.74. The Balaban J connectivity index is 2.52. The summed E-state index contributed by atoms with van der Waals surface area (Å²) in [5, 5.41) is 0.119. The van der Waals surface area contributed by atoms with E-state index in [4.69, 9.17) is 17.3 Å². The van der Waals surface area contributed by atoms with Crippen LogP contribution in [-0.4, -0.2) is 0 Å². The van der Waals surface area contributed by atoms with E-state index < -0.39 is 11.4 Å². The molecule has 20 heavy (non-hydrogen) atoms. The van der Waals surface area contributed by atoms with Gasteiger partial charge in [-0.3, -0.25) is 0 Å². The lowest BCUT2D eigenvalue weighted by atomic mass is 9.57. The highest BCUT2D eigenvalue weighted by Crippen LogP contribution is 2.53. The van der Waals surface area contributed by atoms with Gasteiger partial charge in [-0.15, -0.1) is 0 Å². The topological polar surface area (TPSA) is 26.0 Å². The van der Waals surface area contributed by atoms with Crippen LogP contribution >= 0.6 is 27.5 Å². The monoisotopic (exact) mass is 361 g/mol. The van der Waals surface area contributed by atoms with E-state index in [0.29, 0.717) is 10.0 Å². The summed E-state index contributed by atoms with van der Waals surface area (Å²) in [7, 11) is 0. The fourth-order valence-electron chi connectivity index (χ4n) is 4.29. The molecule has 0 bridgehead atoms. The molecule has 0 aliphatic heterocycles. The van der Waals surface area contributed by atoms with Crippen molar-refractivity contribution in [3.8, 4) is 0 Å². The van der Waals surface area contributed by atoms with Crippen LogP contribution in [0.5, 0.6) is 0 Å². The minimum Gasteiger partial charge on any atom is -0.321 e. The number of nitrogens with two attached hydrogens (primary N) is 1. The highest BCUT2D eigenvalue weighted by molar-refractivity contribution is 9.10. The molecule has 1 aliphatic carbocycles. The van der Waals surface area contributed by atoms with E-state index in [0.717, 1.165) is 19.3 Å². The minimum atomic E-state index is -0.667. The Morgan fingerprint density at radius 3 is 2.10 bits per heavy atom. The second kappa shape index (κ2) is 4.96. The lowest BCUT2D eigenvalue weighted by Crippen LogP contribution is -2.50. The van der Waals surface area contributed by atoms with Gasteiger partial charge in [-0.25, -0.2) is 4.39 Å². The largest absolute Gasteiger partial charge is 0.321 e. The zero-order valence-corrected chi connectivity index (χ0v) is 14.8. The van der Waals surface area contributed by atoms with E-state index in [9.17, 15) is 4.39 Å². The molecular weight excluding hydrogens is 341 g/mol. The van der Waals surface area contributed by atoms with Crippen molar-refractivity contribution in [2.45, 2.75) is 52.5 Å². The first kappa shape index (κ1) is 16.3. The molecule has 1 fully saturated rings. The average molecular weight is 363 g/mol. The van der Waals surface area contributed by atoms with Gasteiger partial charge < -0.3 is 5.73 Å². The van der Waals surface area contributed by atoms with Gasteiger partial charge in [0.1, 0.15) is 5.82 Å². The Morgan fingerprint density at radius 1 is 1.10 bits per heavy atom. The Bertz CT molecular complexity index is 524. The summed E-state index contributed by atoms with van der Waals surface area (Å²) in [5.74, 6) is -0.392. The average Bonchev–Trinajstić information content (AvgIpc) is 2.20. The Labute approximate surface area is 134 Å². The minimum absolute atomic E-state index is 0.0858. The molecule has 1 aliphatic rings. The van der Waals surface area contributed by atoms with Crippen LogP contribution in [0.1, 0.15) is 52.5 Å². The zero-order valence-electron chi connectivity index (χ0n) is 12.5. The maximum atomic E-state index is 14.6. The molecule has 0 saturated heterocycles. The Kier molecular flexibility index (Phi) is 4.03. The van der Waals surface area contributed by atoms with E-state index in [2.05, 4.69) is 43.6 Å². The quantitative estimate of drug-likeness (QED) is 0.643. The standard InChI is InChI=1S/C16H22BrClFN/c1-14(2)7-15(3,4)9-16(20,8-14)10-5-6-11(17)12(18)13(10)19/h5-6H,7-9,20H2,1-4H3. The fraction of sp³-hybridized carbons (Fsp3) is 0.625. The maximum Gasteiger partial charge on any atom is 0.147 e. The molecular formula is C16H22BrClFN. The van der Waals surface area contributed by atoms with Gasteiger partial charge in [0.2, 0.25) is 0 Å². The normalized spacial score (nSPS) is 23.6. The third-order valence-corrected chi connectivity index (χ3v) is 5.38. The summed E-state index contributed by atoms with van der Waals surface area (Å²) in [6.07, 6.45) is 2.61. The molecule has 112 valence electrons. The van der Waals surface area contributed by atoms with Crippen LogP contribution in [-0.2, 0) is 5.54 Å². The van der Waals surface area contributed by atoms with Crippen molar-refractivity contribution in [1.82, 2.24) is 0 Å². The third-order valence-electron chi connectivity index (χ3n) is 4.12. The highest BCUT2D eigenvalue weighted by atomic mass is 79.9.